The number of hydrogen-bond acceptors (Lipinski definition) is 3. The molecule has 1 atom stereocenters. The van der Waals surface area contributed by atoms with Gasteiger partial charge in [0.25, 0.3) is 0 Å². The molecular formula is C14H19N3O2. The average molecular weight is 261 g/mol. The molecule has 0 aliphatic carbocycles. The standard InChI is InChI=1S/C14H19N3O2/c1-17-8-5-12(9-13(17)18)14(19)16-7-4-11-3-2-6-15-10-11/h2-3,6,10,12H,4-5,7-9H2,1H3,(H,16,19). The summed E-state index contributed by atoms with van der Waals surface area (Å²) in [6.07, 6.45) is 5.37. The summed E-state index contributed by atoms with van der Waals surface area (Å²) in [4.78, 5) is 29.2. The van der Waals surface area contributed by atoms with E-state index in [2.05, 4.69) is 10.3 Å². The van der Waals surface area contributed by atoms with Crippen molar-refractivity contribution in [3.8, 4) is 0 Å². The molecule has 1 N–H and O–H groups in total. The van der Waals surface area contributed by atoms with E-state index in [4.69, 9.17) is 0 Å². The molecule has 2 rings (SSSR count). The molecule has 0 aromatic carbocycles. The van der Waals surface area contributed by atoms with E-state index < -0.39 is 0 Å². The van der Waals surface area contributed by atoms with Crippen molar-refractivity contribution in [3.05, 3.63) is 30.1 Å². The van der Waals surface area contributed by atoms with Crippen molar-refractivity contribution in [2.45, 2.75) is 19.3 Å². The van der Waals surface area contributed by atoms with E-state index in [1.54, 1.807) is 24.3 Å². The third-order valence-corrected chi connectivity index (χ3v) is 3.47. The lowest BCUT2D eigenvalue weighted by Crippen LogP contribution is -2.42. The largest absolute Gasteiger partial charge is 0.356 e. The maximum absolute atomic E-state index is 11.9. The lowest BCUT2D eigenvalue weighted by molar-refractivity contribution is -0.139. The zero-order valence-electron chi connectivity index (χ0n) is 11.1. The summed E-state index contributed by atoms with van der Waals surface area (Å²) in [6, 6.07) is 3.87. The predicted molar refractivity (Wildman–Crippen MR) is 71.3 cm³/mol. The van der Waals surface area contributed by atoms with Crippen LogP contribution in [-0.4, -0.2) is 41.8 Å². The topological polar surface area (TPSA) is 62.3 Å². The van der Waals surface area contributed by atoms with Crippen molar-refractivity contribution >= 4 is 11.8 Å². The van der Waals surface area contributed by atoms with E-state index in [0.29, 0.717) is 19.5 Å². The molecule has 102 valence electrons. The zero-order chi connectivity index (χ0) is 13.7. The number of carbonyl (C=O) groups excluding carboxylic acids is 2. The predicted octanol–water partition coefficient (Wildman–Crippen LogP) is 0.609. The van der Waals surface area contributed by atoms with Crippen LogP contribution in [0.3, 0.4) is 0 Å². The number of hydrogen-bond donors (Lipinski definition) is 1. The molecule has 0 bridgehead atoms. The highest BCUT2D eigenvalue weighted by atomic mass is 16.2. The Balaban J connectivity index is 1.74. The van der Waals surface area contributed by atoms with Crippen molar-refractivity contribution in [1.29, 1.82) is 0 Å². The van der Waals surface area contributed by atoms with E-state index in [1.807, 2.05) is 12.1 Å². The van der Waals surface area contributed by atoms with Gasteiger partial charge >= 0.3 is 0 Å². The molecule has 1 saturated heterocycles. The first-order valence-electron chi connectivity index (χ1n) is 6.57. The number of nitrogens with zero attached hydrogens (tertiary/aromatic N) is 2. The molecule has 1 unspecified atom stereocenters. The highest BCUT2D eigenvalue weighted by molar-refractivity contribution is 5.86. The minimum atomic E-state index is -0.169. The first-order chi connectivity index (χ1) is 9.16. The maximum Gasteiger partial charge on any atom is 0.223 e. The number of pyridine rings is 1. The van der Waals surface area contributed by atoms with Crippen LogP contribution in [0.15, 0.2) is 24.5 Å². The van der Waals surface area contributed by atoms with Gasteiger partial charge in [0, 0.05) is 44.9 Å². The molecule has 1 aromatic heterocycles. The highest BCUT2D eigenvalue weighted by Crippen LogP contribution is 2.17. The van der Waals surface area contributed by atoms with E-state index in [1.165, 1.54) is 0 Å². The fourth-order valence-electron chi connectivity index (χ4n) is 2.19. The zero-order valence-corrected chi connectivity index (χ0v) is 11.1. The molecule has 2 heterocycles. The lowest BCUT2D eigenvalue weighted by Gasteiger charge is -2.27. The van der Waals surface area contributed by atoms with Crippen LogP contribution >= 0.6 is 0 Å². The van der Waals surface area contributed by atoms with Crippen LogP contribution in [0.1, 0.15) is 18.4 Å². The Bertz CT molecular complexity index is 447. The van der Waals surface area contributed by atoms with E-state index in [9.17, 15) is 9.59 Å². The fourth-order valence-corrected chi connectivity index (χ4v) is 2.19. The van der Waals surface area contributed by atoms with Gasteiger partial charge in [0.1, 0.15) is 0 Å². The Hall–Kier alpha value is -1.91. The first-order valence-corrected chi connectivity index (χ1v) is 6.57. The molecule has 0 spiro atoms. The second-order valence-electron chi connectivity index (χ2n) is 4.91. The first kappa shape index (κ1) is 13.5. The van der Waals surface area contributed by atoms with Crippen molar-refractivity contribution < 1.29 is 9.59 Å². The van der Waals surface area contributed by atoms with Crippen LogP contribution < -0.4 is 5.32 Å². The maximum atomic E-state index is 11.9. The summed E-state index contributed by atoms with van der Waals surface area (Å²) < 4.78 is 0. The number of likely N-dealkylation sites (tertiary alicyclic amines) is 1. The van der Waals surface area contributed by atoms with Crippen LogP contribution in [-0.2, 0) is 16.0 Å². The molecule has 5 heteroatoms. The van der Waals surface area contributed by atoms with Gasteiger partial charge in [-0.2, -0.15) is 0 Å². The van der Waals surface area contributed by atoms with E-state index in [0.717, 1.165) is 18.4 Å². The van der Waals surface area contributed by atoms with Crippen molar-refractivity contribution in [1.82, 2.24) is 15.2 Å². The minimum absolute atomic E-state index is 0.00894. The summed E-state index contributed by atoms with van der Waals surface area (Å²) in [5.41, 5.74) is 1.10. The Morgan fingerprint density at radius 1 is 1.58 bits per heavy atom. The van der Waals surface area contributed by atoms with Gasteiger partial charge in [-0.25, -0.2) is 0 Å². The Morgan fingerprint density at radius 3 is 3.11 bits per heavy atom. The number of aromatic nitrogens is 1. The van der Waals surface area contributed by atoms with Gasteiger partial charge in [0.2, 0.25) is 11.8 Å². The van der Waals surface area contributed by atoms with Gasteiger partial charge < -0.3 is 10.2 Å². The van der Waals surface area contributed by atoms with Crippen molar-refractivity contribution in [2.75, 3.05) is 20.1 Å². The van der Waals surface area contributed by atoms with Crippen LogP contribution in [0, 0.1) is 5.92 Å². The summed E-state index contributed by atoms with van der Waals surface area (Å²) in [5.74, 6) is -0.124. The third-order valence-electron chi connectivity index (χ3n) is 3.47. The monoisotopic (exact) mass is 261 g/mol. The summed E-state index contributed by atoms with van der Waals surface area (Å²) in [6.45, 7) is 1.25. The molecule has 0 radical (unpaired) electrons. The number of piperidine rings is 1. The molecular weight excluding hydrogens is 242 g/mol. The molecule has 19 heavy (non-hydrogen) atoms. The number of carbonyl (C=O) groups is 2. The van der Waals surface area contributed by atoms with Crippen LogP contribution in [0.2, 0.25) is 0 Å². The fraction of sp³-hybridized carbons (Fsp3) is 0.500. The molecule has 1 aliphatic rings. The second kappa shape index (κ2) is 6.31. The number of rotatable bonds is 4. The quantitative estimate of drug-likeness (QED) is 0.863. The van der Waals surface area contributed by atoms with E-state index >= 15 is 0 Å². The van der Waals surface area contributed by atoms with Crippen LogP contribution in [0.25, 0.3) is 0 Å². The third kappa shape index (κ3) is 3.77. The van der Waals surface area contributed by atoms with Crippen molar-refractivity contribution in [3.63, 3.8) is 0 Å². The van der Waals surface area contributed by atoms with Gasteiger partial charge in [-0.05, 0) is 24.5 Å². The summed E-state index contributed by atoms with van der Waals surface area (Å²) in [5, 5.41) is 2.90. The normalized spacial score (nSPS) is 19.3. The highest BCUT2D eigenvalue weighted by Gasteiger charge is 2.28. The van der Waals surface area contributed by atoms with Gasteiger partial charge in [-0.1, -0.05) is 6.07 Å². The van der Waals surface area contributed by atoms with Gasteiger partial charge in [0.05, 0.1) is 0 Å². The molecule has 1 aliphatic heterocycles. The SMILES string of the molecule is CN1CCC(C(=O)NCCc2cccnc2)CC1=O. The van der Waals surface area contributed by atoms with Crippen LogP contribution in [0.5, 0.6) is 0 Å². The Labute approximate surface area is 113 Å². The smallest absolute Gasteiger partial charge is 0.223 e. The second-order valence-corrected chi connectivity index (χ2v) is 4.91. The Kier molecular flexibility index (Phi) is 4.49. The molecule has 0 saturated carbocycles. The van der Waals surface area contributed by atoms with Gasteiger partial charge in [0.15, 0.2) is 0 Å². The van der Waals surface area contributed by atoms with Crippen molar-refractivity contribution in [2.24, 2.45) is 5.92 Å². The number of nitrogens with one attached hydrogen (secondary N) is 1. The molecule has 1 aromatic rings. The average Bonchev–Trinajstić information content (AvgIpc) is 2.43. The molecule has 2 amide bonds. The van der Waals surface area contributed by atoms with Gasteiger partial charge in [-0.15, -0.1) is 0 Å². The Morgan fingerprint density at radius 2 is 2.42 bits per heavy atom. The van der Waals surface area contributed by atoms with Gasteiger partial charge in [-0.3, -0.25) is 14.6 Å². The van der Waals surface area contributed by atoms with E-state index in [-0.39, 0.29) is 17.7 Å². The lowest BCUT2D eigenvalue weighted by atomic mass is 9.95. The number of amides is 2. The molecule has 1 fully saturated rings. The summed E-state index contributed by atoms with van der Waals surface area (Å²) in [7, 11) is 1.78. The molecule has 5 nitrogen and oxygen atoms in total. The summed E-state index contributed by atoms with van der Waals surface area (Å²) >= 11 is 0. The van der Waals surface area contributed by atoms with Crippen LogP contribution in [0.4, 0.5) is 0 Å². The minimum Gasteiger partial charge on any atom is -0.356 e.